The molecule has 8 heteroatoms. The van der Waals surface area contributed by atoms with Crippen molar-refractivity contribution < 1.29 is 14.3 Å². The Labute approximate surface area is 210 Å². The van der Waals surface area contributed by atoms with E-state index in [2.05, 4.69) is 18.6 Å². The number of benzene rings is 2. The standard InChI is InChI=1S/C24H30Cl3NO3S/c1-23(2,17-13-19(26)22(20(27)14-17)30-12-6-11-25)16-7-9-18(10-8-16)31-15-21(29)24(3,4)28-32-5/h7-10,13-14,28H,6,11-12,15H2,1-5H3. The van der Waals surface area contributed by atoms with Gasteiger partial charge in [0.1, 0.15) is 12.4 Å². The first-order chi connectivity index (χ1) is 15.0. The molecule has 2 rings (SSSR count). The van der Waals surface area contributed by atoms with Crippen molar-refractivity contribution in [1.82, 2.24) is 4.72 Å². The van der Waals surface area contributed by atoms with Gasteiger partial charge in [-0.2, -0.15) is 0 Å². The molecule has 0 atom stereocenters. The topological polar surface area (TPSA) is 47.6 Å². The number of carbonyl (C=O) groups is 1. The van der Waals surface area contributed by atoms with Crippen molar-refractivity contribution in [2.45, 2.75) is 45.1 Å². The molecular formula is C24H30Cl3NO3S. The molecule has 0 amide bonds. The summed E-state index contributed by atoms with van der Waals surface area (Å²) < 4.78 is 14.5. The Balaban J connectivity index is 2.13. The van der Waals surface area contributed by atoms with Crippen LogP contribution in [0.25, 0.3) is 0 Å². The molecule has 0 unspecified atom stereocenters. The molecule has 0 aliphatic heterocycles. The van der Waals surface area contributed by atoms with E-state index in [4.69, 9.17) is 44.3 Å². The molecule has 2 aromatic rings. The van der Waals surface area contributed by atoms with Gasteiger partial charge in [-0.1, -0.05) is 61.1 Å². The number of Topliss-reactive ketones (excluding diaryl/α,β-unsaturated/α-hetero) is 1. The monoisotopic (exact) mass is 517 g/mol. The molecular weight excluding hydrogens is 489 g/mol. The maximum atomic E-state index is 12.4. The van der Waals surface area contributed by atoms with Crippen molar-refractivity contribution in [3.63, 3.8) is 0 Å². The number of ketones is 1. The predicted octanol–water partition coefficient (Wildman–Crippen LogP) is 6.92. The van der Waals surface area contributed by atoms with E-state index in [0.717, 1.165) is 11.1 Å². The first kappa shape index (κ1) is 27.1. The highest BCUT2D eigenvalue weighted by Crippen LogP contribution is 2.40. The van der Waals surface area contributed by atoms with Crippen LogP contribution in [-0.4, -0.2) is 36.7 Å². The van der Waals surface area contributed by atoms with Gasteiger partial charge in [0.2, 0.25) is 0 Å². The van der Waals surface area contributed by atoms with Crippen LogP contribution in [0.15, 0.2) is 36.4 Å². The van der Waals surface area contributed by atoms with Gasteiger partial charge in [0, 0.05) is 11.3 Å². The summed E-state index contributed by atoms with van der Waals surface area (Å²) in [6.07, 6.45) is 2.60. The first-order valence-corrected chi connectivity index (χ1v) is 12.8. The second-order valence-electron chi connectivity index (χ2n) is 8.45. The van der Waals surface area contributed by atoms with Crippen LogP contribution in [0.5, 0.6) is 11.5 Å². The summed E-state index contributed by atoms with van der Waals surface area (Å²) in [5.41, 5.74) is 1.01. The lowest BCUT2D eigenvalue weighted by molar-refractivity contribution is -0.125. The van der Waals surface area contributed by atoms with Crippen molar-refractivity contribution in [3.05, 3.63) is 57.6 Å². The van der Waals surface area contributed by atoms with Crippen molar-refractivity contribution in [1.29, 1.82) is 0 Å². The number of nitrogens with one attached hydrogen (secondary N) is 1. The van der Waals surface area contributed by atoms with Crippen LogP contribution >= 0.6 is 46.8 Å². The number of hydrogen-bond donors (Lipinski definition) is 1. The Hall–Kier alpha value is -1.11. The zero-order valence-electron chi connectivity index (χ0n) is 19.1. The number of rotatable bonds is 12. The maximum Gasteiger partial charge on any atom is 0.190 e. The zero-order valence-corrected chi connectivity index (χ0v) is 22.1. The lowest BCUT2D eigenvalue weighted by Crippen LogP contribution is -2.45. The molecule has 176 valence electrons. The van der Waals surface area contributed by atoms with Crippen molar-refractivity contribution in [3.8, 4) is 11.5 Å². The minimum Gasteiger partial charge on any atom is -0.490 e. The summed E-state index contributed by atoms with van der Waals surface area (Å²) in [7, 11) is 0. The van der Waals surface area contributed by atoms with Gasteiger partial charge in [-0.15, -0.1) is 11.6 Å². The highest BCUT2D eigenvalue weighted by atomic mass is 35.5. The van der Waals surface area contributed by atoms with Gasteiger partial charge >= 0.3 is 0 Å². The average molecular weight is 519 g/mol. The summed E-state index contributed by atoms with van der Waals surface area (Å²) in [6.45, 7) is 8.33. The van der Waals surface area contributed by atoms with Gasteiger partial charge < -0.3 is 9.47 Å². The van der Waals surface area contributed by atoms with Crippen LogP contribution in [0.4, 0.5) is 0 Å². The van der Waals surface area contributed by atoms with Gasteiger partial charge in [0.15, 0.2) is 11.5 Å². The van der Waals surface area contributed by atoms with Crippen LogP contribution in [0.3, 0.4) is 0 Å². The van der Waals surface area contributed by atoms with E-state index in [1.165, 1.54) is 11.9 Å². The van der Waals surface area contributed by atoms with Crippen LogP contribution in [0.2, 0.25) is 10.0 Å². The summed E-state index contributed by atoms with van der Waals surface area (Å²) in [4.78, 5) is 12.4. The summed E-state index contributed by atoms with van der Waals surface area (Å²) in [5.74, 6) is 1.61. The van der Waals surface area contributed by atoms with E-state index in [-0.39, 0.29) is 17.8 Å². The lowest BCUT2D eigenvalue weighted by atomic mass is 9.78. The van der Waals surface area contributed by atoms with Crippen molar-refractivity contribution in [2.75, 3.05) is 25.3 Å². The van der Waals surface area contributed by atoms with Gasteiger partial charge in [-0.25, -0.2) is 0 Å². The smallest absolute Gasteiger partial charge is 0.190 e. The highest BCUT2D eigenvalue weighted by molar-refractivity contribution is 7.96. The summed E-state index contributed by atoms with van der Waals surface area (Å²) >= 11 is 20.0. The van der Waals surface area contributed by atoms with Crippen molar-refractivity contribution >= 4 is 52.5 Å². The molecule has 0 aliphatic carbocycles. The van der Waals surface area contributed by atoms with Gasteiger partial charge in [-0.05, 0) is 61.9 Å². The third-order valence-electron chi connectivity index (χ3n) is 5.24. The molecule has 0 aromatic heterocycles. The molecule has 0 bridgehead atoms. The Bertz CT molecular complexity index is 894. The van der Waals surface area contributed by atoms with E-state index < -0.39 is 5.54 Å². The molecule has 0 aliphatic rings. The first-order valence-electron chi connectivity index (χ1n) is 10.3. The second kappa shape index (κ2) is 11.8. The number of carbonyl (C=O) groups excluding carboxylic acids is 1. The van der Waals surface area contributed by atoms with Gasteiger partial charge in [0.05, 0.1) is 22.2 Å². The van der Waals surface area contributed by atoms with E-state index in [1.54, 1.807) is 0 Å². The molecule has 4 nitrogen and oxygen atoms in total. The fraction of sp³-hybridized carbons (Fsp3) is 0.458. The lowest BCUT2D eigenvalue weighted by Gasteiger charge is -2.27. The Morgan fingerprint density at radius 1 is 1.00 bits per heavy atom. The number of ether oxygens (including phenoxy) is 2. The quantitative estimate of drug-likeness (QED) is 0.188. The Kier molecular flexibility index (Phi) is 10.0. The molecule has 0 heterocycles. The van der Waals surface area contributed by atoms with Crippen LogP contribution in [0.1, 0.15) is 45.2 Å². The fourth-order valence-corrected chi connectivity index (χ4v) is 4.39. The van der Waals surface area contributed by atoms with Crippen LogP contribution < -0.4 is 14.2 Å². The Morgan fingerprint density at radius 3 is 2.12 bits per heavy atom. The predicted molar refractivity (Wildman–Crippen MR) is 137 cm³/mol. The van der Waals surface area contributed by atoms with Gasteiger partial charge in [0.25, 0.3) is 0 Å². The van der Waals surface area contributed by atoms with Crippen molar-refractivity contribution in [2.24, 2.45) is 0 Å². The summed E-state index contributed by atoms with van der Waals surface area (Å²) in [6, 6.07) is 11.5. The largest absolute Gasteiger partial charge is 0.490 e. The number of hydrogen-bond acceptors (Lipinski definition) is 5. The van der Waals surface area contributed by atoms with E-state index in [0.29, 0.717) is 40.5 Å². The molecule has 2 aromatic carbocycles. The fourth-order valence-electron chi connectivity index (χ4n) is 3.06. The van der Waals surface area contributed by atoms with E-state index in [9.17, 15) is 4.79 Å². The van der Waals surface area contributed by atoms with Crippen LogP contribution in [0, 0.1) is 0 Å². The third-order valence-corrected chi connectivity index (χ3v) is 6.79. The van der Waals surface area contributed by atoms with Crippen LogP contribution in [-0.2, 0) is 10.2 Å². The third kappa shape index (κ3) is 6.94. The number of halogens is 3. The molecule has 1 N–H and O–H groups in total. The number of alkyl halides is 1. The second-order valence-corrected chi connectivity index (χ2v) is 10.3. The normalized spacial score (nSPS) is 12.0. The molecule has 32 heavy (non-hydrogen) atoms. The minimum absolute atomic E-state index is 0.000301. The minimum atomic E-state index is -0.653. The molecule has 0 spiro atoms. The zero-order chi connectivity index (χ0) is 23.9. The summed E-state index contributed by atoms with van der Waals surface area (Å²) in [5, 5.41) is 0.935. The average Bonchev–Trinajstić information content (AvgIpc) is 2.74. The molecule has 0 saturated heterocycles. The highest BCUT2D eigenvalue weighted by Gasteiger charge is 2.28. The maximum absolute atomic E-state index is 12.4. The van der Waals surface area contributed by atoms with E-state index >= 15 is 0 Å². The SMILES string of the molecule is CSNC(C)(C)C(=O)COc1ccc(C(C)(C)c2cc(Cl)c(OCCCCl)c(Cl)c2)cc1. The molecule has 0 saturated carbocycles. The molecule has 0 radical (unpaired) electrons. The van der Waals surface area contributed by atoms with Gasteiger partial charge in [-0.3, -0.25) is 9.52 Å². The Morgan fingerprint density at radius 2 is 1.59 bits per heavy atom. The van der Waals surface area contributed by atoms with E-state index in [1.807, 2.05) is 56.5 Å². The molecule has 0 fully saturated rings.